The van der Waals surface area contributed by atoms with Gasteiger partial charge in [0.05, 0.1) is 11.6 Å². The molecule has 1 aromatic carbocycles. The van der Waals surface area contributed by atoms with E-state index in [1.54, 1.807) is 13.0 Å². The molecule has 1 amide bonds. The highest BCUT2D eigenvalue weighted by molar-refractivity contribution is 5.95. The van der Waals surface area contributed by atoms with E-state index >= 15 is 0 Å². The molecule has 1 heterocycles. The summed E-state index contributed by atoms with van der Waals surface area (Å²) in [4.78, 5) is 23.8. The zero-order valence-electron chi connectivity index (χ0n) is 14.2. The molecule has 2 aromatic rings. The summed E-state index contributed by atoms with van der Waals surface area (Å²) in [6.07, 6.45) is 4.04. The summed E-state index contributed by atoms with van der Waals surface area (Å²) in [5, 5.41) is 3.14. The highest BCUT2D eigenvalue weighted by Crippen LogP contribution is 2.29. The summed E-state index contributed by atoms with van der Waals surface area (Å²) >= 11 is 0. The minimum absolute atomic E-state index is 0.00855. The predicted molar refractivity (Wildman–Crippen MR) is 92.0 cm³/mol. The highest BCUT2D eigenvalue weighted by Gasteiger charge is 2.21. The molecule has 1 aliphatic rings. The first-order valence-corrected chi connectivity index (χ1v) is 8.52. The molecule has 0 saturated heterocycles. The molecule has 1 atom stereocenters. The van der Waals surface area contributed by atoms with Gasteiger partial charge in [0.25, 0.3) is 0 Å². The van der Waals surface area contributed by atoms with Crippen LogP contribution in [0.2, 0.25) is 0 Å². The Balaban J connectivity index is 1.59. The molecule has 24 heavy (non-hydrogen) atoms. The standard InChI is InChI=1S/C20H23NO3/c1-13(22)18-12-16(24-14(18)2)10-11-20(23)21-19-9-5-7-15-6-3-4-8-17(15)19/h3-4,6,8,12,19H,5,7,9-11H2,1-2H3,(H,21,23)/t19-/m1/s1. The van der Waals surface area contributed by atoms with Gasteiger partial charge in [-0.25, -0.2) is 0 Å². The quantitative estimate of drug-likeness (QED) is 0.848. The first kappa shape index (κ1) is 16.5. The number of benzene rings is 1. The smallest absolute Gasteiger partial charge is 0.220 e. The number of hydrogen-bond acceptors (Lipinski definition) is 3. The Morgan fingerprint density at radius 2 is 2.08 bits per heavy atom. The van der Waals surface area contributed by atoms with Gasteiger partial charge in [-0.2, -0.15) is 0 Å². The largest absolute Gasteiger partial charge is 0.466 e. The number of aryl methyl sites for hydroxylation is 3. The molecular weight excluding hydrogens is 302 g/mol. The lowest BCUT2D eigenvalue weighted by Gasteiger charge is -2.26. The fraction of sp³-hybridized carbons (Fsp3) is 0.400. The summed E-state index contributed by atoms with van der Waals surface area (Å²) in [7, 11) is 0. The zero-order chi connectivity index (χ0) is 17.1. The van der Waals surface area contributed by atoms with Gasteiger partial charge in [-0.3, -0.25) is 9.59 Å². The lowest BCUT2D eigenvalue weighted by Crippen LogP contribution is -2.31. The van der Waals surface area contributed by atoms with Crippen molar-refractivity contribution in [3.05, 3.63) is 58.5 Å². The lowest BCUT2D eigenvalue weighted by molar-refractivity contribution is -0.122. The number of amides is 1. The monoisotopic (exact) mass is 325 g/mol. The molecule has 3 rings (SSSR count). The third-order valence-electron chi connectivity index (χ3n) is 4.65. The van der Waals surface area contributed by atoms with Gasteiger partial charge in [-0.1, -0.05) is 24.3 Å². The number of hydrogen-bond donors (Lipinski definition) is 1. The fourth-order valence-electron chi connectivity index (χ4n) is 3.42. The molecule has 0 radical (unpaired) electrons. The van der Waals surface area contributed by atoms with Crippen molar-refractivity contribution < 1.29 is 14.0 Å². The second kappa shape index (κ2) is 7.04. The van der Waals surface area contributed by atoms with Crippen molar-refractivity contribution in [2.75, 3.05) is 0 Å². The molecular formula is C20H23NO3. The lowest BCUT2D eigenvalue weighted by atomic mass is 9.87. The van der Waals surface area contributed by atoms with Crippen LogP contribution in [0.25, 0.3) is 0 Å². The van der Waals surface area contributed by atoms with E-state index in [0.29, 0.717) is 29.9 Å². The van der Waals surface area contributed by atoms with Crippen LogP contribution in [0.5, 0.6) is 0 Å². The highest BCUT2D eigenvalue weighted by atomic mass is 16.3. The van der Waals surface area contributed by atoms with E-state index in [1.165, 1.54) is 18.1 Å². The Hall–Kier alpha value is -2.36. The zero-order valence-corrected chi connectivity index (χ0v) is 14.2. The number of fused-ring (bicyclic) bond motifs is 1. The Kier molecular flexibility index (Phi) is 4.84. The second-order valence-electron chi connectivity index (χ2n) is 6.45. The summed E-state index contributed by atoms with van der Waals surface area (Å²) in [5.74, 6) is 1.33. The molecule has 1 aromatic heterocycles. The number of carbonyl (C=O) groups excluding carboxylic acids is 2. The Morgan fingerprint density at radius 1 is 1.29 bits per heavy atom. The second-order valence-corrected chi connectivity index (χ2v) is 6.45. The van der Waals surface area contributed by atoms with Crippen molar-refractivity contribution in [3.8, 4) is 0 Å². The number of furan rings is 1. The van der Waals surface area contributed by atoms with Gasteiger partial charge in [0.1, 0.15) is 11.5 Å². The topological polar surface area (TPSA) is 59.3 Å². The third kappa shape index (κ3) is 3.58. The number of rotatable bonds is 5. The van der Waals surface area contributed by atoms with E-state index in [1.807, 2.05) is 6.07 Å². The van der Waals surface area contributed by atoms with E-state index in [9.17, 15) is 9.59 Å². The molecule has 1 N–H and O–H groups in total. The molecule has 0 fully saturated rings. The number of ketones is 1. The van der Waals surface area contributed by atoms with Crippen molar-refractivity contribution in [1.29, 1.82) is 0 Å². The average Bonchev–Trinajstić information content (AvgIpc) is 2.94. The van der Waals surface area contributed by atoms with E-state index in [0.717, 1.165) is 19.3 Å². The molecule has 0 spiro atoms. The van der Waals surface area contributed by atoms with Crippen molar-refractivity contribution in [3.63, 3.8) is 0 Å². The first-order valence-electron chi connectivity index (χ1n) is 8.52. The van der Waals surface area contributed by atoms with Gasteiger partial charge in [0.2, 0.25) is 5.91 Å². The van der Waals surface area contributed by atoms with Crippen LogP contribution < -0.4 is 5.32 Å². The Morgan fingerprint density at radius 3 is 2.83 bits per heavy atom. The predicted octanol–water partition coefficient (Wildman–Crippen LogP) is 3.92. The van der Waals surface area contributed by atoms with Gasteiger partial charge < -0.3 is 9.73 Å². The van der Waals surface area contributed by atoms with Gasteiger partial charge >= 0.3 is 0 Å². The minimum Gasteiger partial charge on any atom is -0.466 e. The SMILES string of the molecule is CC(=O)c1cc(CCC(=O)N[C@@H]2CCCc3ccccc32)oc1C. The van der Waals surface area contributed by atoms with Crippen LogP contribution in [0.15, 0.2) is 34.7 Å². The van der Waals surface area contributed by atoms with Crippen LogP contribution >= 0.6 is 0 Å². The number of Topliss-reactive ketones (excluding diaryl/α,β-unsaturated/α-hetero) is 1. The maximum atomic E-state index is 12.3. The van der Waals surface area contributed by atoms with E-state index in [-0.39, 0.29) is 17.7 Å². The summed E-state index contributed by atoms with van der Waals surface area (Å²) in [5.41, 5.74) is 3.18. The van der Waals surface area contributed by atoms with E-state index in [2.05, 4.69) is 23.5 Å². The van der Waals surface area contributed by atoms with Gasteiger partial charge in [-0.05, 0) is 50.3 Å². The van der Waals surface area contributed by atoms with Crippen LogP contribution in [0, 0.1) is 6.92 Å². The van der Waals surface area contributed by atoms with Crippen molar-refractivity contribution >= 4 is 11.7 Å². The maximum absolute atomic E-state index is 12.3. The van der Waals surface area contributed by atoms with Gasteiger partial charge in [-0.15, -0.1) is 0 Å². The van der Waals surface area contributed by atoms with Crippen LogP contribution in [0.4, 0.5) is 0 Å². The number of carbonyl (C=O) groups is 2. The van der Waals surface area contributed by atoms with Crippen LogP contribution in [0.1, 0.15) is 65.2 Å². The molecule has 0 saturated carbocycles. The summed E-state index contributed by atoms with van der Waals surface area (Å²) in [6.45, 7) is 3.30. The summed E-state index contributed by atoms with van der Waals surface area (Å²) < 4.78 is 5.57. The Bertz CT molecular complexity index is 760. The Labute approximate surface area is 142 Å². The fourth-order valence-corrected chi connectivity index (χ4v) is 3.42. The van der Waals surface area contributed by atoms with Crippen molar-refractivity contribution in [2.24, 2.45) is 0 Å². The van der Waals surface area contributed by atoms with Gasteiger partial charge in [0.15, 0.2) is 5.78 Å². The molecule has 4 nitrogen and oxygen atoms in total. The third-order valence-corrected chi connectivity index (χ3v) is 4.65. The minimum atomic E-state index is -0.00855. The van der Waals surface area contributed by atoms with Crippen molar-refractivity contribution in [2.45, 2.75) is 52.0 Å². The number of nitrogens with one attached hydrogen (secondary N) is 1. The molecule has 0 unspecified atom stereocenters. The molecule has 4 heteroatoms. The van der Waals surface area contributed by atoms with Crippen molar-refractivity contribution in [1.82, 2.24) is 5.32 Å². The van der Waals surface area contributed by atoms with E-state index < -0.39 is 0 Å². The molecule has 1 aliphatic carbocycles. The normalized spacial score (nSPS) is 16.5. The molecule has 0 aliphatic heterocycles. The van der Waals surface area contributed by atoms with Crippen LogP contribution in [-0.2, 0) is 17.6 Å². The van der Waals surface area contributed by atoms with Crippen LogP contribution in [0.3, 0.4) is 0 Å². The average molecular weight is 325 g/mol. The first-order chi connectivity index (χ1) is 11.5. The molecule has 0 bridgehead atoms. The molecule has 126 valence electrons. The maximum Gasteiger partial charge on any atom is 0.220 e. The summed E-state index contributed by atoms with van der Waals surface area (Å²) in [6, 6.07) is 10.2. The van der Waals surface area contributed by atoms with Crippen LogP contribution in [-0.4, -0.2) is 11.7 Å². The van der Waals surface area contributed by atoms with E-state index in [4.69, 9.17) is 4.42 Å². The van der Waals surface area contributed by atoms with Gasteiger partial charge in [0, 0.05) is 12.8 Å².